The summed E-state index contributed by atoms with van der Waals surface area (Å²) in [5, 5.41) is 0.0495. The summed E-state index contributed by atoms with van der Waals surface area (Å²) in [5.41, 5.74) is 0.368. The molecule has 0 bridgehead atoms. The largest absolute Gasteiger partial charge is 0.366 e. The van der Waals surface area contributed by atoms with Crippen molar-refractivity contribution in [1.82, 2.24) is 19.6 Å². The standard InChI is InChI=1S/C20H29ClN4O2/c1-16(2)23-14-12-22(13-15-23)8-6-7-11-25-19(26)17(21)18(20(25)27)24-9-4-3-5-10-24/h16H,3-5,8-15H2,1-2H3. The van der Waals surface area contributed by atoms with Crippen LogP contribution >= 0.6 is 11.6 Å². The summed E-state index contributed by atoms with van der Waals surface area (Å²) in [4.78, 5) is 32.9. The molecule has 0 N–H and O–H groups in total. The van der Waals surface area contributed by atoms with E-state index < -0.39 is 5.91 Å². The lowest BCUT2D eigenvalue weighted by Crippen LogP contribution is -2.48. The van der Waals surface area contributed by atoms with Crippen LogP contribution in [0.25, 0.3) is 0 Å². The third kappa shape index (κ3) is 4.66. The molecule has 7 heteroatoms. The second kappa shape index (κ2) is 9.09. The number of hydrogen-bond acceptors (Lipinski definition) is 5. The number of halogens is 1. The maximum Gasteiger partial charge on any atom is 0.279 e. The van der Waals surface area contributed by atoms with Crippen LogP contribution in [0.15, 0.2) is 10.7 Å². The summed E-state index contributed by atoms with van der Waals surface area (Å²) in [5.74, 6) is 5.39. The first-order chi connectivity index (χ1) is 13.0. The Morgan fingerprint density at radius 2 is 1.52 bits per heavy atom. The molecule has 27 heavy (non-hydrogen) atoms. The van der Waals surface area contributed by atoms with Crippen molar-refractivity contribution < 1.29 is 9.59 Å². The Hall–Kier alpha value is -1.55. The number of likely N-dealkylation sites (tertiary alicyclic amines) is 1. The Morgan fingerprint density at radius 1 is 0.889 bits per heavy atom. The molecule has 6 nitrogen and oxygen atoms in total. The van der Waals surface area contributed by atoms with Gasteiger partial charge in [0.25, 0.3) is 11.8 Å². The van der Waals surface area contributed by atoms with E-state index >= 15 is 0 Å². The van der Waals surface area contributed by atoms with Crippen LogP contribution in [-0.2, 0) is 9.59 Å². The summed E-state index contributed by atoms with van der Waals surface area (Å²) in [7, 11) is 0. The highest BCUT2D eigenvalue weighted by Crippen LogP contribution is 2.28. The predicted octanol–water partition coefficient (Wildman–Crippen LogP) is 1.32. The van der Waals surface area contributed by atoms with Crippen molar-refractivity contribution in [3.05, 3.63) is 10.7 Å². The van der Waals surface area contributed by atoms with Crippen molar-refractivity contribution in [1.29, 1.82) is 0 Å². The van der Waals surface area contributed by atoms with Crippen LogP contribution in [-0.4, -0.2) is 89.8 Å². The molecule has 0 aromatic heterocycles. The average Bonchev–Trinajstić information content (AvgIpc) is 2.89. The number of amides is 2. The molecule has 0 spiro atoms. The van der Waals surface area contributed by atoms with Gasteiger partial charge in [-0.1, -0.05) is 23.4 Å². The van der Waals surface area contributed by atoms with Crippen molar-refractivity contribution in [2.75, 3.05) is 52.4 Å². The highest BCUT2D eigenvalue weighted by Gasteiger charge is 2.40. The van der Waals surface area contributed by atoms with E-state index in [-0.39, 0.29) is 17.5 Å². The van der Waals surface area contributed by atoms with Crippen LogP contribution in [0.4, 0.5) is 0 Å². The first-order valence-corrected chi connectivity index (χ1v) is 10.3. The van der Waals surface area contributed by atoms with E-state index in [2.05, 4.69) is 35.5 Å². The molecule has 2 fully saturated rings. The van der Waals surface area contributed by atoms with Gasteiger partial charge in [-0.2, -0.15) is 0 Å². The molecule has 2 amide bonds. The highest BCUT2D eigenvalue weighted by molar-refractivity contribution is 6.47. The summed E-state index contributed by atoms with van der Waals surface area (Å²) in [6.45, 7) is 10.9. The van der Waals surface area contributed by atoms with Crippen molar-refractivity contribution in [3.63, 3.8) is 0 Å². The van der Waals surface area contributed by atoms with Crippen molar-refractivity contribution in [2.45, 2.75) is 39.2 Å². The molecule has 0 unspecified atom stereocenters. The number of rotatable bonds is 4. The molecule has 3 aliphatic heterocycles. The van der Waals surface area contributed by atoms with Gasteiger partial charge < -0.3 is 4.90 Å². The van der Waals surface area contributed by atoms with Gasteiger partial charge in [0.1, 0.15) is 10.7 Å². The van der Waals surface area contributed by atoms with Crippen LogP contribution in [0, 0.1) is 11.8 Å². The molecule has 3 heterocycles. The Balaban J connectivity index is 1.50. The molecule has 0 radical (unpaired) electrons. The van der Waals surface area contributed by atoms with Crippen LogP contribution in [0.5, 0.6) is 0 Å². The number of nitrogens with zero attached hydrogens (tertiary/aromatic N) is 4. The van der Waals surface area contributed by atoms with Gasteiger partial charge in [0.15, 0.2) is 0 Å². The van der Waals surface area contributed by atoms with Gasteiger partial charge >= 0.3 is 0 Å². The smallest absolute Gasteiger partial charge is 0.279 e. The molecule has 3 aliphatic rings. The molecule has 3 rings (SSSR count). The third-order valence-corrected chi connectivity index (χ3v) is 5.90. The zero-order valence-electron chi connectivity index (χ0n) is 16.3. The first kappa shape index (κ1) is 20.2. The van der Waals surface area contributed by atoms with Crippen molar-refractivity contribution in [3.8, 4) is 11.8 Å². The monoisotopic (exact) mass is 392 g/mol. The predicted molar refractivity (Wildman–Crippen MR) is 106 cm³/mol. The van der Waals surface area contributed by atoms with E-state index in [1.54, 1.807) is 0 Å². The van der Waals surface area contributed by atoms with Crippen molar-refractivity contribution >= 4 is 23.4 Å². The minimum absolute atomic E-state index is 0.0495. The lowest BCUT2D eigenvalue weighted by atomic mass is 10.1. The topological polar surface area (TPSA) is 47.1 Å². The molecular weight excluding hydrogens is 364 g/mol. The zero-order valence-corrected chi connectivity index (χ0v) is 17.1. The summed E-state index contributed by atoms with van der Waals surface area (Å²) >= 11 is 6.19. The van der Waals surface area contributed by atoms with Gasteiger partial charge in [-0.15, -0.1) is 0 Å². The second-order valence-corrected chi connectivity index (χ2v) is 8.04. The minimum Gasteiger partial charge on any atom is -0.366 e. The summed E-state index contributed by atoms with van der Waals surface area (Å²) in [6.07, 6.45) is 3.21. The van der Waals surface area contributed by atoms with Gasteiger partial charge in [0, 0.05) is 45.3 Å². The number of piperidine rings is 1. The molecule has 148 valence electrons. The Kier molecular flexibility index (Phi) is 6.80. The molecule has 0 aromatic carbocycles. The van der Waals surface area contributed by atoms with E-state index in [1.807, 2.05) is 4.90 Å². The van der Waals surface area contributed by atoms with Crippen LogP contribution < -0.4 is 0 Å². The fourth-order valence-corrected chi connectivity index (χ4v) is 4.11. The Morgan fingerprint density at radius 3 is 2.15 bits per heavy atom. The van der Waals surface area contributed by atoms with Crippen LogP contribution in [0.3, 0.4) is 0 Å². The Bertz CT molecular complexity index is 665. The fourth-order valence-electron chi connectivity index (χ4n) is 3.81. The molecule has 0 saturated carbocycles. The SMILES string of the molecule is CC(C)N1CCN(CC#CCN2C(=O)C(Cl)=C(N3CCCCC3)C2=O)CC1. The Labute approximate surface area is 167 Å². The lowest BCUT2D eigenvalue weighted by Gasteiger charge is -2.36. The normalized spacial score (nSPS) is 22.7. The van der Waals surface area contributed by atoms with E-state index in [9.17, 15) is 9.59 Å². The fraction of sp³-hybridized carbons (Fsp3) is 0.700. The summed E-state index contributed by atoms with van der Waals surface area (Å²) in [6, 6.07) is 0.580. The highest BCUT2D eigenvalue weighted by atomic mass is 35.5. The average molecular weight is 393 g/mol. The van der Waals surface area contributed by atoms with E-state index in [4.69, 9.17) is 11.6 Å². The van der Waals surface area contributed by atoms with Gasteiger partial charge in [0.2, 0.25) is 0 Å². The number of imide groups is 1. The summed E-state index contributed by atoms with van der Waals surface area (Å²) < 4.78 is 0. The van der Waals surface area contributed by atoms with Gasteiger partial charge in [-0.3, -0.25) is 24.3 Å². The van der Waals surface area contributed by atoms with Crippen molar-refractivity contribution in [2.24, 2.45) is 0 Å². The van der Waals surface area contributed by atoms with Gasteiger partial charge in [0.05, 0.1) is 13.1 Å². The lowest BCUT2D eigenvalue weighted by molar-refractivity contribution is -0.137. The molecular formula is C20H29ClN4O2. The molecule has 0 atom stereocenters. The first-order valence-electron chi connectivity index (χ1n) is 9.92. The quantitative estimate of drug-likeness (QED) is 0.533. The molecule has 0 aliphatic carbocycles. The second-order valence-electron chi connectivity index (χ2n) is 7.67. The van der Waals surface area contributed by atoms with Gasteiger partial charge in [-0.25, -0.2) is 0 Å². The third-order valence-electron chi connectivity index (χ3n) is 5.56. The number of hydrogen-bond donors (Lipinski definition) is 0. The van der Waals surface area contributed by atoms with Crippen LogP contribution in [0.1, 0.15) is 33.1 Å². The van der Waals surface area contributed by atoms with Crippen LogP contribution in [0.2, 0.25) is 0 Å². The molecule has 0 aromatic rings. The van der Waals surface area contributed by atoms with E-state index in [1.165, 1.54) is 4.90 Å². The zero-order chi connectivity index (χ0) is 19.4. The molecule has 2 saturated heterocycles. The number of piperazine rings is 1. The maximum absolute atomic E-state index is 12.7. The number of carbonyl (C=O) groups excluding carboxylic acids is 2. The van der Waals surface area contributed by atoms with E-state index in [0.29, 0.717) is 18.3 Å². The van der Waals surface area contributed by atoms with Gasteiger partial charge in [-0.05, 0) is 33.1 Å². The number of carbonyl (C=O) groups is 2. The maximum atomic E-state index is 12.7. The van der Waals surface area contributed by atoms with E-state index in [0.717, 1.165) is 58.5 Å². The minimum atomic E-state index is -0.415.